The van der Waals surface area contributed by atoms with Gasteiger partial charge in [-0.2, -0.15) is 18.2 Å². The molecule has 0 saturated carbocycles. The molecule has 2 aromatic carbocycles. The Morgan fingerprint density at radius 3 is 2.41 bits per heavy atom. The lowest BCUT2D eigenvalue weighted by Crippen LogP contribution is -2.58. The second-order valence-electron chi connectivity index (χ2n) is 11.2. The van der Waals surface area contributed by atoms with Gasteiger partial charge in [-0.25, -0.2) is 9.18 Å². The molecule has 4 aromatic rings. The highest BCUT2D eigenvalue weighted by Gasteiger charge is 2.40. The Hall–Kier alpha value is -4.19. The van der Waals surface area contributed by atoms with E-state index in [1.807, 2.05) is 19.9 Å². The highest BCUT2D eigenvalue weighted by Crippen LogP contribution is 2.49. The summed E-state index contributed by atoms with van der Waals surface area (Å²) >= 11 is 1.24. The molecule has 2 aliphatic rings. The first-order valence-corrected chi connectivity index (χ1v) is 15.1. The summed E-state index contributed by atoms with van der Waals surface area (Å²) in [5, 5.41) is 0.194. The van der Waals surface area contributed by atoms with Gasteiger partial charge in [0.2, 0.25) is 5.91 Å². The molecular weight excluding hydrogens is 594 g/mol. The van der Waals surface area contributed by atoms with E-state index in [9.17, 15) is 27.2 Å². The first kappa shape index (κ1) is 29.9. The van der Waals surface area contributed by atoms with Crippen LogP contribution in [-0.2, 0) is 17.5 Å². The van der Waals surface area contributed by atoms with Crippen LogP contribution in [-0.4, -0.2) is 56.3 Å². The van der Waals surface area contributed by atoms with Crippen molar-refractivity contribution >= 4 is 34.4 Å². The molecule has 0 N–H and O–H groups in total. The maximum Gasteiger partial charge on any atom is 0.417 e. The Morgan fingerprint density at radius 1 is 1.09 bits per heavy atom. The molecule has 6 rings (SSSR count). The van der Waals surface area contributed by atoms with Gasteiger partial charge in [0, 0.05) is 71.6 Å². The van der Waals surface area contributed by atoms with Crippen molar-refractivity contribution < 1.29 is 22.4 Å². The maximum absolute atomic E-state index is 14.9. The van der Waals surface area contributed by atoms with Crippen molar-refractivity contribution in [2.45, 2.75) is 49.5 Å². The predicted octanol–water partition coefficient (Wildman–Crippen LogP) is 6.12. The molecule has 1 fully saturated rings. The average molecular weight is 624 g/mol. The van der Waals surface area contributed by atoms with E-state index in [4.69, 9.17) is 0 Å². The minimum absolute atomic E-state index is 0.102. The molecule has 44 heavy (non-hydrogen) atoms. The van der Waals surface area contributed by atoms with E-state index in [2.05, 4.69) is 16.5 Å². The Balaban J connectivity index is 1.63. The van der Waals surface area contributed by atoms with Gasteiger partial charge in [-0.1, -0.05) is 24.8 Å². The molecule has 3 atom stereocenters. The van der Waals surface area contributed by atoms with E-state index in [0.29, 0.717) is 11.3 Å². The number of hydrogen-bond acceptors (Lipinski definition) is 6. The average Bonchev–Trinajstić information content (AvgIpc) is 3.20. The molecule has 1 amide bonds. The van der Waals surface area contributed by atoms with Crippen LogP contribution >= 0.6 is 11.8 Å². The molecule has 0 radical (unpaired) electrons. The van der Waals surface area contributed by atoms with Gasteiger partial charge in [0.15, 0.2) is 0 Å². The Kier molecular flexibility index (Phi) is 7.73. The van der Waals surface area contributed by atoms with Crippen LogP contribution in [0.3, 0.4) is 0 Å². The Morgan fingerprint density at radius 2 is 1.80 bits per heavy atom. The van der Waals surface area contributed by atoms with Crippen LogP contribution in [0.5, 0.6) is 0 Å². The zero-order valence-corrected chi connectivity index (χ0v) is 24.8. The maximum atomic E-state index is 14.9. The van der Waals surface area contributed by atoms with Crippen LogP contribution < -0.4 is 10.6 Å². The second-order valence-corrected chi connectivity index (χ2v) is 12.2. The number of nitrogens with zero attached hydrogens (tertiary/aromatic N) is 5. The number of amides is 1. The fourth-order valence-electron chi connectivity index (χ4n) is 6.38. The van der Waals surface area contributed by atoms with Crippen molar-refractivity contribution in [3.63, 3.8) is 0 Å². The summed E-state index contributed by atoms with van der Waals surface area (Å²) in [6.07, 6.45) is -0.199. The number of piperazine rings is 1. The van der Waals surface area contributed by atoms with Gasteiger partial charge in [0.05, 0.1) is 11.1 Å². The van der Waals surface area contributed by atoms with Crippen LogP contribution in [0.4, 0.5) is 23.4 Å². The molecule has 0 bridgehead atoms. The third-order valence-corrected chi connectivity index (χ3v) is 9.53. The smallest absolute Gasteiger partial charge is 0.352 e. The summed E-state index contributed by atoms with van der Waals surface area (Å²) in [7, 11) is 0. The van der Waals surface area contributed by atoms with E-state index in [1.54, 1.807) is 28.3 Å². The van der Waals surface area contributed by atoms with E-state index in [-0.39, 0.29) is 70.8 Å². The third-order valence-electron chi connectivity index (χ3n) is 8.27. The summed E-state index contributed by atoms with van der Waals surface area (Å²) in [4.78, 5) is 38.7. The minimum Gasteiger partial charge on any atom is -0.352 e. The molecule has 12 heteroatoms. The molecule has 0 spiro atoms. The van der Waals surface area contributed by atoms with E-state index < -0.39 is 23.2 Å². The van der Waals surface area contributed by atoms with Crippen molar-refractivity contribution in [3.05, 3.63) is 94.9 Å². The molecule has 2 aliphatic heterocycles. The number of carbonyl (C=O) groups excluding carboxylic acids is 1. The van der Waals surface area contributed by atoms with Crippen molar-refractivity contribution in [2.24, 2.45) is 0 Å². The molecule has 228 valence electrons. The van der Waals surface area contributed by atoms with Crippen LogP contribution in [0.1, 0.15) is 30.9 Å². The van der Waals surface area contributed by atoms with E-state index in [1.165, 1.54) is 34.5 Å². The molecule has 4 heterocycles. The van der Waals surface area contributed by atoms with Crippen LogP contribution in [0.25, 0.3) is 22.0 Å². The number of aromatic nitrogens is 3. The number of benzene rings is 2. The summed E-state index contributed by atoms with van der Waals surface area (Å²) in [5.41, 5.74) is -0.182. The number of pyridine rings is 1. The van der Waals surface area contributed by atoms with Crippen LogP contribution in [0, 0.1) is 5.82 Å². The van der Waals surface area contributed by atoms with Crippen molar-refractivity contribution in [1.29, 1.82) is 0 Å². The lowest BCUT2D eigenvalue weighted by Gasteiger charge is -2.44. The summed E-state index contributed by atoms with van der Waals surface area (Å²) in [5.74, 6) is -0.531. The first-order valence-electron chi connectivity index (χ1n) is 14.1. The van der Waals surface area contributed by atoms with Gasteiger partial charge in [-0.3, -0.25) is 14.3 Å². The number of hydrogen-bond donors (Lipinski definition) is 0. The number of anilines is 1. The number of halogens is 4. The molecule has 0 aliphatic carbocycles. The number of alkyl halides is 3. The minimum atomic E-state index is -4.77. The highest BCUT2D eigenvalue weighted by atomic mass is 32.2. The number of carbonyl (C=O) groups is 1. The normalized spacial score (nSPS) is 20.5. The number of rotatable bonds is 4. The largest absolute Gasteiger partial charge is 0.417 e. The Labute approximate surface area is 255 Å². The third kappa shape index (κ3) is 5.25. The second kappa shape index (κ2) is 11.4. The molecule has 7 nitrogen and oxygen atoms in total. The monoisotopic (exact) mass is 623 g/mol. The highest BCUT2D eigenvalue weighted by molar-refractivity contribution is 7.99. The molecule has 1 saturated heterocycles. The zero-order valence-electron chi connectivity index (χ0n) is 24.0. The van der Waals surface area contributed by atoms with Gasteiger partial charge >= 0.3 is 11.9 Å². The van der Waals surface area contributed by atoms with Gasteiger partial charge in [0.25, 0.3) is 0 Å². The standard InChI is InChI=1S/C32H29F4N5O2S/c1-4-26(42)41-18(2)14-39(15-19(41)3)30-24-12-25(32(34,35)36)27(20-7-9-23(33)10-8-20)29-28(24)40(31(43)38-30)16-22(17-44-29)21-6-5-11-37-13-21/h4-13,18-19,22H,1,14-17H2,2-3H3/t18-,19+,22-/m0/s1. The van der Waals surface area contributed by atoms with Gasteiger partial charge in [-0.15, -0.1) is 11.8 Å². The van der Waals surface area contributed by atoms with Crippen LogP contribution in [0.2, 0.25) is 0 Å². The first-order chi connectivity index (χ1) is 21.0. The lowest BCUT2D eigenvalue weighted by molar-refractivity contribution is -0.137. The topological polar surface area (TPSA) is 71.3 Å². The lowest BCUT2D eigenvalue weighted by atomic mass is 9.95. The van der Waals surface area contributed by atoms with Crippen molar-refractivity contribution in [3.8, 4) is 11.1 Å². The van der Waals surface area contributed by atoms with Gasteiger partial charge in [0.1, 0.15) is 11.6 Å². The van der Waals surface area contributed by atoms with E-state index in [0.717, 1.165) is 23.8 Å². The number of thioether (sulfide) groups is 1. The fraction of sp³-hybridized carbons (Fsp3) is 0.312. The van der Waals surface area contributed by atoms with Crippen LogP contribution in [0.15, 0.2) is 77.2 Å². The summed E-state index contributed by atoms with van der Waals surface area (Å²) in [6, 6.07) is 9.01. The quantitative estimate of drug-likeness (QED) is 0.202. The van der Waals surface area contributed by atoms with Gasteiger partial charge in [-0.05, 0) is 55.3 Å². The SMILES string of the molecule is C=CC(=O)N1[C@H](C)CN(c2nc(=O)n3c4c(c(-c5ccc(F)cc5)c(C(F)(F)F)cc24)SC[C@@H](c2cccnc2)C3)C[C@@H]1C. The van der Waals surface area contributed by atoms with Crippen molar-refractivity contribution in [1.82, 2.24) is 19.4 Å². The molecule has 2 aromatic heterocycles. The summed E-state index contributed by atoms with van der Waals surface area (Å²) in [6.45, 7) is 7.98. The van der Waals surface area contributed by atoms with E-state index >= 15 is 0 Å². The zero-order chi connectivity index (χ0) is 31.3. The predicted molar refractivity (Wildman–Crippen MR) is 162 cm³/mol. The van der Waals surface area contributed by atoms with Crippen molar-refractivity contribution in [2.75, 3.05) is 23.7 Å². The molecule has 0 unspecified atom stereocenters. The van der Waals surface area contributed by atoms with Gasteiger partial charge < -0.3 is 9.80 Å². The fourth-order valence-corrected chi connectivity index (χ4v) is 7.78. The Bertz CT molecular complexity index is 1800. The summed E-state index contributed by atoms with van der Waals surface area (Å²) < 4.78 is 60.1. The molecular formula is C32H29F4N5O2S.